The summed E-state index contributed by atoms with van der Waals surface area (Å²) in [6, 6.07) is -1.46. The Morgan fingerprint density at radius 2 is 1.29 bits per heavy atom. The highest BCUT2D eigenvalue weighted by atomic mass is 31.2. The summed E-state index contributed by atoms with van der Waals surface area (Å²) in [6.45, 7) is 8.93. The van der Waals surface area contributed by atoms with Gasteiger partial charge in [-0.15, -0.1) is 0 Å². The van der Waals surface area contributed by atoms with Gasteiger partial charge in [-0.05, 0) is 60.8 Å². The molecule has 0 radical (unpaired) electrons. The van der Waals surface area contributed by atoms with E-state index in [1.807, 2.05) is 0 Å². The lowest BCUT2D eigenvalue weighted by atomic mass is 10.2. The largest absolute Gasteiger partial charge is 0.472 e. The number of nitrogens with one attached hydrogen (secondary N) is 2. The maximum atomic E-state index is 12.5. The molecule has 17 nitrogen and oxygen atoms in total. The maximum absolute atomic E-state index is 12.5. The molecule has 0 aromatic carbocycles. The number of hydrogen-bond acceptors (Lipinski definition) is 10. The van der Waals surface area contributed by atoms with Gasteiger partial charge in [-0.1, -0.05) is 12.8 Å². The van der Waals surface area contributed by atoms with E-state index in [9.17, 15) is 33.0 Å². The van der Waals surface area contributed by atoms with Gasteiger partial charge in [-0.3, -0.25) is 23.0 Å². The molecule has 7 N–H and O–H groups in total. The predicted octanol–water partition coefficient (Wildman–Crippen LogP) is 2.49. The van der Waals surface area contributed by atoms with Crippen LogP contribution in [-0.4, -0.2) is 84.8 Å². The second kappa shape index (κ2) is 17.2. The van der Waals surface area contributed by atoms with E-state index in [1.54, 1.807) is 41.5 Å². The maximum Gasteiger partial charge on any atom is 0.472 e. The van der Waals surface area contributed by atoms with Gasteiger partial charge < -0.3 is 44.6 Å². The van der Waals surface area contributed by atoms with Crippen molar-refractivity contribution in [1.82, 2.24) is 10.6 Å². The minimum atomic E-state index is -5.09. The molecule has 0 aliphatic rings. The fourth-order valence-electron chi connectivity index (χ4n) is 3.07. The Morgan fingerprint density at radius 3 is 1.79 bits per heavy atom. The molecule has 0 bridgehead atoms. The first kappa shape index (κ1) is 40.6. The molecule has 20 heteroatoms. The topological polar surface area (TPSA) is 265 Å². The van der Waals surface area contributed by atoms with Crippen LogP contribution in [0.4, 0.5) is 4.79 Å². The van der Waals surface area contributed by atoms with Gasteiger partial charge in [-0.25, -0.2) is 14.2 Å². The first-order valence-corrected chi connectivity index (χ1v) is 17.9. The Bertz CT molecular complexity index is 1010. The number of carbonyl (C=O) groups excluding carboxylic acids is 3. The van der Waals surface area contributed by atoms with Gasteiger partial charge >= 0.3 is 35.1 Å². The third-order valence-electron chi connectivity index (χ3n) is 4.84. The zero-order valence-corrected chi connectivity index (χ0v) is 27.4. The van der Waals surface area contributed by atoms with Crippen molar-refractivity contribution in [3.8, 4) is 0 Å². The van der Waals surface area contributed by atoms with Crippen LogP contribution in [0.15, 0.2) is 0 Å². The summed E-state index contributed by atoms with van der Waals surface area (Å²) in [6.07, 6.45) is -0.228. The van der Waals surface area contributed by atoms with Gasteiger partial charge in [0.05, 0.1) is 13.2 Å². The van der Waals surface area contributed by atoms with Crippen LogP contribution in [0.3, 0.4) is 0 Å². The molecular weight excluding hydrogens is 625 g/mol. The lowest BCUT2D eigenvalue weighted by molar-refractivity contribution is -0.158. The number of ether oxygens (including phenoxy) is 2. The molecule has 0 rings (SSSR count). The number of phosphoric ester groups is 1. The number of rotatable bonds is 18. The lowest BCUT2D eigenvalue weighted by Crippen LogP contribution is -2.48. The van der Waals surface area contributed by atoms with Crippen LogP contribution in [0.5, 0.6) is 0 Å². The van der Waals surface area contributed by atoms with Crippen molar-refractivity contribution in [2.45, 2.75) is 103 Å². The SMILES string of the molecule is CC(C)(C)OC(=O)NC(COP(=O)(O)OCCCCCCNC(=O)CCC(P(=O)(O)O)P(=O)(O)O)C(=O)OC(C)(C)C. The van der Waals surface area contributed by atoms with Gasteiger partial charge in [0.2, 0.25) is 5.91 Å². The van der Waals surface area contributed by atoms with Crippen molar-refractivity contribution in [3.05, 3.63) is 0 Å². The molecule has 2 atom stereocenters. The van der Waals surface area contributed by atoms with E-state index in [-0.39, 0.29) is 13.2 Å². The normalized spacial score (nSPS) is 15.0. The van der Waals surface area contributed by atoms with E-state index in [0.29, 0.717) is 25.7 Å². The Kier molecular flexibility index (Phi) is 16.6. The molecule has 0 aromatic rings. The molecule has 0 aromatic heterocycles. The summed E-state index contributed by atoms with van der Waals surface area (Å²) in [5, 5.41) is 2.48. The van der Waals surface area contributed by atoms with Crippen LogP contribution >= 0.6 is 23.0 Å². The van der Waals surface area contributed by atoms with Crippen LogP contribution in [0.2, 0.25) is 0 Å². The van der Waals surface area contributed by atoms with Crippen molar-refractivity contribution in [2.24, 2.45) is 0 Å². The first-order chi connectivity index (χ1) is 18.8. The van der Waals surface area contributed by atoms with Crippen LogP contribution in [0, 0.1) is 0 Å². The molecule has 0 saturated heterocycles. The van der Waals surface area contributed by atoms with Crippen LogP contribution in [-0.2, 0) is 41.8 Å². The monoisotopic (exact) mass is 670 g/mol. The number of esters is 1. The standard InChI is InChI=1S/C22H45N2O15P3/c1-21(2,3)38-19(26)16(24-20(27)39-22(4,5)6)15-37-42(34,35)36-14-10-8-7-9-13-23-17(25)11-12-18(40(28,29)30)41(31,32)33/h16,18H,7-15H2,1-6H3,(H,23,25)(H,24,27)(H,34,35)(H2,28,29,30)(H2,31,32,33). The summed E-state index contributed by atoms with van der Waals surface area (Å²) in [7, 11) is -14.8. The Hall–Kier alpha value is -1.38. The second-order valence-electron chi connectivity index (χ2n) is 11.3. The van der Waals surface area contributed by atoms with Crippen LogP contribution in [0.1, 0.15) is 80.1 Å². The fourth-order valence-corrected chi connectivity index (χ4v) is 6.34. The van der Waals surface area contributed by atoms with Crippen molar-refractivity contribution in [2.75, 3.05) is 19.8 Å². The third kappa shape index (κ3) is 20.5. The molecule has 0 saturated carbocycles. The summed E-state index contributed by atoms with van der Waals surface area (Å²) >= 11 is 0. The fraction of sp³-hybridized carbons (Fsp3) is 0.864. The lowest BCUT2D eigenvalue weighted by Gasteiger charge is -2.26. The van der Waals surface area contributed by atoms with Crippen LogP contribution in [0.25, 0.3) is 0 Å². The smallest absolute Gasteiger partial charge is 0.458 e. The number of carbonyl (C=O) groups is 3. The summed E-state index contributed by atoms with van der Waals surface area (Å²) in [4.78, 5) is 82.6. The molecule has 0 aliphatic heterocycles. The first-order valence-electron chi connectivity index (χ1n) is 13.0. The minimum Gasteiger partial charge on any atom is -0.458 e. The quantitative estimate of drug-likeness (QED) is 0.0627. The molecule has 2 amide bonds. The molecule has 0 aliphatic carbocycles. The summed E-state index contributed by atoms with van der Waals surface area (Å²) in [5.74, 6) is -1.54. The highest BCUT2D eigenvalue weighted by molar-refractivity contribution is 7.70. The van der Waals surface area contributed by atoms with E-state index < -0.39 is 83.1 Å². The average molecular weight is 671 g/mol. The van der Waals surface area contributed by atoms with Gasteiger partial charge in [0, 0.05) is 13.0 Å². The van der Waals surface area contributed by atoms with E-state index in [4.69, 9.17) is 38.1 Å². The number of unbranched alkanes of at least 4 members (excludes halogenated alkanes) is 3. The zero-order valence-electron chi connectivity index (χ0n) is 24.7. The Labute approximate surface area is 245 Å². The molecule has 2 unspecified atom stereocenters. The van der Waals surface area contributed by atoms with Gasteiger partial charge in [0.15, 0.2) is 11.4 Å². The number of phosphoric acid groups is 1. The zero-order chi connectivity index (χ0) is 33.0. The summed E-state index contributed by atoms with van der Waals surface area (Å²) < 4.78 is 54.8. The molecule has 0 fully saturated rings. The molecule has 248 valence electrons. The number of alkyl carbamates (subject to hydrolysis) is 1. The summed E-state index contributed by atoms with van der Waals surface area (Å²) in [5.41, 5.74) is -1.77. The van der Waals surface area contributed by atoms with Crippen LogP contribution < -0.4 is 10.6 Å². The average Bonchev–Trinajstić information content (AvgIpc) is 2.74. The van der Waals surface area contributed by atoms with Crippen molar-refractivity contribution in [1.29, 1.82) is 0 Å². The highest BCUT2D eigenvalue weighted by Gasteiger charge is 2.43. The highest BCUT2D eigenvalue weighted by Crippen LogP contribution is 2.61. The van der Waals surface area contributed by atoms with Crippen molar-refractivity contribution < 1.29 is 71.1 Å². The predicted molar refractivity (Wildman–Crippen MR) is 149 cm³/mol. The second-order valence-corrected chi connectivity index (χ2v) is 16.8. The van der Waals surface area contributed by atoms with Gasteiger partial charge in [-0.2, -0.15) is 0 Å². The number of amides is 2. The molecule has 0 spiro atoms. The van der Waals surface area contributed by atoms with Gasteiger partial charge in [0.1, 0.15) is 11.2 Å². The van der Waals surface area contributed by atoms with E-state index in [0.717, 1.165) is 0 Å². The Balaban J connectivity index is 4.49. The van der Waals surface area contributed by atoms with E-state index in [1.165, 1.54) is 0 Å². The molecule has 42 heavy (non-hydrogen) atoms. The minimum absolute atomic E-state index is 0.178. The van der Waals surface area contributed by atoms with E-state index >= 15 is 0 Å². The van der Waals surface area contributed by atoms with Crippen molar-refractivity contribution in [3.63, 3.8) is 0 Å². The van der Waals surface area contributed by atoms with Crippen molar-refractivity contribution >= 4 is 41.0 Å². The Morgan fingerprint density at radius 1 is 0.762 bits per heavy atom. The third-order valence-corrected chi connectivity index (χ3v) is 9.70. The molecule has 0 heterocycles. The van der Waals surface area contributed by atoms with E-state index in [2.05, 4.69) is 10.6 Å². The van der Waals surface area contributed by atoms with Gasteiger partial charge in [0.25, 0.3) is 0 Å². The molecular formula is C22H45N2O15P3. The number of hydrogen-bond donors (Lipinski definition) is 7.